The lowest BCUT2D eigenvalue weighted by Crippen LogP contribution is -1.92. The first-order valence-electron chi connectivity index (χ1n) is 4.01. The molecule has 0 saturated heterocycles. The van der Waals surface area contributed by atoms with Crippen LogP contribution in [0.15, 0.2) is 22.9 Å². The molecule has 0 N–H and O–H groups in total. The van der Waals surface area contributed by atoms with E-state index in [0.29, 0.717) is 5.75 Å². The fourth-order valence-electron chi connectivity index (χ4n) is 1.33. The molecule has 0 amide bonds. The minimum absolute atomic E-state index is 0.703. The van der Waals surface area contributed by atoms with Crippen LogP contribution in [0.4, 0.5) is 0 Å². The predicted octanol–water partition coefficient (Wildman–Crippen LogP) is 2.11. The highest BCUT2D eigenvalue weighted by Crippen LogP contribution is 2.30. The molecular formula is C9H9BrN2O2. The van der Waals surface area contributed by atoms with Crippen LogP contribution in [0.5, 0.6) is 11.5 Å². The summed E-state index contributed by atoms with van der Waals surface area (Å²) < 4.78 is 13.0. The molecule has 74 valence electrons. The number of hydrogen-bond donors (Lipinski definition) is 0. The Hall–Kier alpha value is -1.23. The van der Waals surface area contributed by atoms with Crippen LogP contribution in [0.1, 0.15) is 0 Å². The van der Waals surface area contributed by atoms with Crippen LogP contribution in [0.25, 0.3) is 5.52 Å². The smallest absolute Gasteiger partial charge is 0.168 e. The topological polar surface area (TPSA) is 35.8 Å². The predicted molar refractivity (Wildman–Crippen MR) is 56.0 cm³/mol. The first kappa shape index (κ1) is 9.33. The summed E-state index contributed by atoms with van der Waals surface area (Å²) in [5.41, 5.74) is 0.832. The van der Waals surface area contributed by atoms with E-state index >= 15 is 0 Å². The van der Waals surface area contributed by atoms with E-state index in [1.807, 2.05) is 12.3 Å². The normalized spacial score (nSPS) is 10.5. The minimum atomic E-state index is 0.703. The maximum Gasteiger partial charge on any atom is 0.168 e. The van der Waals surface area contributed by atoms with E-state index in [1.165, 1.54) is 0 Å². The molecule has 2 rings (SSSR count). The van der Waals surface area contributed by atoms with E-state index in [0.717, 1.165) is 15.7 Å². The molecule has 0 aromatic carbocycles. The van der Waals surface area contributed by atoms with Crippen LogP contribution in [0.2, 0.25) is 0 Å². The van der Waals surface area contributed by atoms with Gasteiger partial charge in [-0.15, -0.1) is 0 Å². The summed E-state index contributed by atoms with van der Waals surface area (Å²) in [7, 11) is 3.23. The van der Waals surface area contributed by atoms with Crippen LogP contribution in [-0.4, -0.2) is 23.8 Å². The van der Waals surface area contributed by atoms with Gasteiger partial charge in [-0.3, -0.25) is 0 Å². The van der Waals surface area contributed by atoms with Gasteiger partial charge in [-0.05, 0) is 22.0 Å². The number of aromatic nitrogens is 2. The average Bonchev–Trinajstić information content (AvgIpc) is 2.59. The number of pyridine rings is 1. The summed E-state index contributed by atoms with van der Waals surface area (Å²) in [5.74, 6) is 1.43. The SMILES string of the molecule is COc1cnn2cc(Br)cc(OC)c12. The van der Waals surface area contributed by atoms with Crippen molar-refractivity contribution in [3.63, 3.8) is 0 Å². The number of halogens is 1. The van der Waals surface area contributed by atoms with Crippen molar-refractivity contribution in [3.8, 4) is 11.5 Å². The molecule has 4 nitrogen and oxygen atoms in total. The second-order valence-electron chi connectivity index (χ2n) is 2.73. The maximum atomic E-state index is 5.24. The fourth-order valence-corrected chi connectivity index (χ4v) is 1.73. The monoisotopic (exact) mass is 256 g/mol. The van der Waals surface area contributed by atoms with Gasteiger partial charge in [0.15, 0.2) is 11.3 Å². The van der Waals surface area contributed by atoms with E-state index in [1.54, 1.807) is 24.9 Å². The van der Waals surface area contributed by atoms with Crippen LogP contribution in [-0.2, 0) is 0 Å². The van der Waals surface area contributed by atoms with Crippen molar-refractivity contribution in [1.82, 2.24) is 9.61 Å². The Labute approximate surface area is 89.6 Å². The van der Waals surface area contributed by atoms with Gasteiger partial charge in [0.25, 0.3) is 0 Å². The average molecular weight is 257 g/mol. The zero-order valence-electron chi connectivity index (χ0n) is 7.82. The Morgan fingerprint density at radius 1 is 1.29 bits per heavy atom. The summed E-state index contributed by atoms with van der Waals surface area (Å²) >= 11 is 3.37. The third-order valence-electron chi connectivity index (χ3n) is 1.95. The van der Waals surface area contributed by atoms with E-state index in [4.69, 9.17) is 9.47 Å². The van der Waals surface area contributed by atoms with Gasteiger partial charge in [0.05, 0.1) is 20.4 Å². The first-order chi connectivity index (χ1) is 6.76. The summed E-state index contributed by atoms with van der Waals surface area (Å²) in [6.45, 7) is 0. The number of ether oxygens (including phenoxy) is 2. The Kier molecular flexibility index (Phi) is 2.33. The van der Waals surface area contributed by atoms with Gasteiger partial charge in [-0.2, -0.15) is 5.10 Å². The lowest BCUT2D eigenvalue weighted by molar-refractivity contribution is 0.403. The van der Waals surface area contributed by atoms with Crippen molar-refractivity contribution in [3.05, 3.63) is 22.9 Å². The molecule has 2 heterocycles. The Balaban J connectivity index is 2.78. The quantitative estimate of drug-likeness (QED) is 0.826. The largest absolute Gasteiger partial charge is 0.494 e. The van der Waals surface area contributed by atoms with Crippen molar-refractivity contribution < 1.29 is 9.47 Å². The van der Waals surface area contributed by atoms with Gasteiger partial charge in [0.1, 0.15) is 5.75 Å². The molecule has 14 heavy (non-hydrogen) atoms. The lowest BCUT2D eigenvalue weighted by Gasteiger charge is -2.04. The molecule has 0 bridgehead atoms. The first-order valence-corrected chi connectivity index (χ1v) is 4.80. The molecular weight excluding hydrogens is 248 g/mol. The van der Waals surface area contributed by atoms with Crippen LogP contribution in [0, 0.1) is 0 Å². The molecule has 5 heteroatoms. The highest BCUT2D eigenvalue weighted by Gasteiger charge is 2.10. The second kappa shape index (κ2) is 3.49. The molecule has 0 saturated carbocycles. The molecule has 0 atom stereocenters. The molecule has 0 fully saturated rings. The van der Waals surface area contributed by atoms with Gasteiger partial charge in [-0.1, -0.05) is 0 Å². The summed E-state index contributed by atoms with van der Waals surface area (Å²) in [6.07, 6.45) is 3.50. The number of nitrogens with zero attached hydrogens (tertiary/aromatic N) is 2. The third kappa shape index (κ3) is 1.33. The van der Waals surface area contributed by atoms with E-state index < -0.39 is 0 Å². The van der Waals surface area contributed by atoms with E-state index in [9.17, 15) is 0 Å². The van der Waals surface area contributed by atoms with Gasteiger partial charge >= 0.3 is 0 Å². The van der Waals surface area contributed by atoms with Crippen molar-refractivity contribution in [2.75, 3.05) is 14.2 Å². The third-order valence-corrected chi connectivity index (χ3v) is 2.38. The Morgan fingerprint density at radius 2 is 2.00 bits per heavy atom. The van der Waals surface area contributed by atoms with Gasteiger partial charge < -0.3 is 9.47 Å². The second-order valence-corrected chi connectivity index (χ2v) is 3.65. The Bertz CT molecular complexity index is 467. The van der Waals surface area contributed by atoms with Crippen molar-refractivity contribution in [2.45, 2.75) is 0 Å². The molecule has 0 aliphatic rings. The number of rotatable bonds is 2. The van der Waals surface area contributed by atoms with Crippen molar-refractivity contribution in [2.24, 2.45) is 0 Å². The van der Waals surface area contributed by atoms with Crippen LogP contribution in [0.3, 0.4) is 0 Å². The van der Waals surface area contributed by atoms with Crippen LogP contribution < -0.4 is 9.47 Å². The highest BCUT2D eigenvalue weighted by atomic mass is 79.9. The van der Waals surface area contributed by atoms with Gasteiger partial charge in [0.2, 0.25) is 0 Å². The number of fused-ring (bicyclic) bond motifs is 1. The van der Waals surface area contributed by atoms with E-state index in [2.05, 4.69) is 21.0 Å². The molecule has 2 aromatic rings. The molecule has 0 aliphatic carbocycles. The molecule has 0 spiro atoms. The van der Waals surface area contributed by atoms with Crippen LogP contribution >= 0.6 is 15.9 Å². The van der Waals surface area contributed by atoms with Gasteiger partial charge in [0, 0.05) is 10.7 Å². The highest BCUT2D eigenvalue weighted by molar-refractivity contribution is 9.10. The maximum absolute atomic E-state index is 5.24. The molecule has 2 aromatic heterocycles. The fraction of sp³-hybridized carbons (Fsp3) is 0.222. The zero-order valence-corrected chi connectivity index (χ0v) is 9.41. The Morgan fingerprint density at radius 3 is 2.64 bits per heavy atom. The molecule has 0 aliphatic heterocycles. The molecule has 0 radical (unpaired) electrons. The van der Waals surface area contributed by atoms with Crippen molar-refractivity contribution in [1.29, 1.82) is 0 Å². The number of methoxy groups -OCH3 is 2. The summed E-state index contributed by atoms with van der Waals surface area (Å²) in [4.78, 5) is 0. The lowest BCUT2D eigenvalue weighted by atomic mass is 10.3. The van der Waals surface area contributed by atoms with Crippen molar-refractivity contribution >= 4 is 21.4 Å². The van der Waals surface area contributed by atoms with E-state index in [-0.39, 0.29) is 0 Å². The summed E-state index contributed by atoms with van der Waals surface area (Å²) in [6, 6.07) is 1.87. The summed E-state index contributed by atoms with van der Waals surface area (Å²) in [5, 5.41) is 4.14. The molecule has 0 unspecified atom stereocenters. The zero-order chi connectivity index (χ0) is 10.1. The van der Waals surface area contributed by atoms with Gasteiger partial charge in [-0.25, -0.2) is 4.52 Å². The number of hydrogen-bond acceptors (Lipinski definition) is 3. The minimum Gasteiger partial charge on any atom is -0.494 e. The standard InChI is InChI=1S/C9H9BrN2O2/c1-13-7-3-6(10)5-12-9(7)8(14-2)4-11-12/h3-5H,1-2H3.